The van der Waals surface area contributed by atoms with Gasteiger partial charge >= 0.3 is 7.12 Å². The Kier molecular flexibility index (Phi) is 6.60. The van der Waals surface area contributed by atoms with Crippen molar-refractivity contribution in [3.8, 4) is 6.07 Å². The molecule has 1 aromatic carbocycles. The van der Waals surface area contributed by atoms with Gasteiger partial charge < -0.3 is 24.8 Å². The molecule has 126 valence electrons. The molecule has 0 aliphatic rings. The molecule has 0 heterocycles. The summed E-state index contributed by atoms with van der Waals surface area (Å²) in [6.07, 6.45) is 0. The van der Waals surface area contributed by atoms with Crippen LogP contribution in [0.5, 0.6) is 0 Å². The maximum absolute atomic E-state index is 10.3. The van der Waals surface area contributed by atoms with Crippen LogP contribution in [0.2, 0.25) is 0 Å². The SMILES string of the molecule is COCCNc1cc(B(O)OC(C)(C)C(C)(C)O)ccc1C#N. The highest BCUT2D eigenvalue weighted by Gasteiger charge is 2.39. The number of nitrogens with one attached hydrogen (secondary N) is 1. The van der Waals surface area contributed by atoms with Gasteiger partial charge in [-0.3, -0.25) is 0 Å². The number of nitriles is 1. The van der Waals surface area contributed by atoms with Crippen molar-refractivity contribution in [1.82, 2.24) is 0 Å². The zero-order valence-electron chi connectivity index (χ0n) is 14.4. The maximum Gasteiger partial charge on any atom is 0.491 e. The van der Waals surface area contributed by atoms with Crippen LogP contribution in [0, 0.1) is 11.3 Å². The minimum absolute atomic E-state index is 0.471. The number of aliphatic hydroxyl groups is 1. The highest BCUT2D eigenvalue weighted by atomic mass is 16.5. The van der Waals surface area contributed by atoms with Crippen LogP contribution < -0.4 is 10.8 Å². The summed E-state index contributed by atoms with van der Waals surface area (Å²) in [6, 6.07) is 7.01. The Morgan fingerprint density at radius 1 is 1.30 bits per heavy atom. The Bertz CT molecular complexity index is 564. The summed E-state index contributed by atoms with van der Waals surface area (Å²) < 4.78 is 10.6. The van der Waals surface area contributed by atoms with Crippen LogP contribution in [0.15, 0.2) is 18.2 Å². The lowest BCUT2D eigenvalue weighted by molar-refractivity contribution is -0.0982. The molecular formula is C16H25BN2O4. The van der Waals surface area contributed by atoms with E-state index in [2.05, 4.69) is 11.4 Å². The largest absolute Gasteiger partial charge is 0.491 e. The topological polar surface area (TPSA) is 94.7 Å². The van der Waals surface area contributed by atoms with Crippen molar-refractivity contribution in [3.05, 3.63) is 23.8 Å². The number of rotatable bonds is 8. The summed E-state index contributed by atoms with van der Waals surface area (Å²) in [5.41, 5.74) is -0.504. The fourth-order valence-corrected chi connectivity index (χ4v) is 1.74. The summed E-state index contributed by atoms with van der Waals surface area (Å²) in [4.78, 5) is 0. The van der Waals surface area contributed by atoms with E-state index in [-0.39, 0.29) is 0 Å². The molecule has 0 aliphatic carbocycles. The third kappa shape index (κ3) is 5.22. The molecular weight excluding hydrogens is 295 g/mol. The van der Waals surface area contributed by atoms with Gasteiger partial charge in [-0.15, -0.1) is 0 Å². The molecule has 23 heavy (non-hydrogen) atoms. The summed E-state index contributed by atoms with van der Waals surface area (Å²) in [7, 11) is 0.381. The lowest BCUT2D eigenvalue weighted by Crippen LogP contribution is -2.53. The Labute approximate surface area is 138 Å². The number of ether oxygens (including phenoxy) is 1. The van der Waals surface area contributed by atoms with E-state index in [4.69, 9.17) is 14.7 Å². The molecule has 0 atom stereocenters. The number of hydrogen-bond acceptors (Lipinski definition) is 6. The van der Waals surface area contributed by atoms with Crippen LogP contribution in [0.4, 0.5) is 5.69 Å². The Morgan fingerprint density at radius 2 is 1.96 bits per heavy atom. The Balaban J connectivity index is 2.95. The van der Waals surface area contributed by atoms with Crippen molar-refractivity contribution < 1.29 is 19.5 Å². The van der Waals surface area contributed by atoms with Crippen LogP contribution in [-0.2, 0) is 9.39 Å². The maximum atomic E-state index is 10.3. The number of nitrogens with zero attached hydrogens (tertiary/aromatic N) is 1. The van der Waals surface area contributed by atoms with Gasteiger partial charge in [0.05, 0.1) is 29.1 Å². The monoisotopic (exact) mass is 320 g/mol. The van der Waals surface area contributed by atoms with E-state index in [0.29, 0.717) is 29.9 Å². The van der Waals surface area contributed by atoms with Crippen LogP contribution >= 0.6 is 0 Å². The van der Waals surface area contributed by atoms with E-state index in [9.17, 15) is 10.1 Å². The average molecular weight is 320 g/mol. The number of hydrogen-bond donors (Lipinski definition) is 3. The van der Waals surface area contributed by atoms with Gasteiger partial charge in [-0.1, -0.05) is 6.07 Å². The Hall–Kier alpha value is -1.59. The molecule has 1 aromatic rings. The summed E-state index contributed by atoms with van der Waals surface area (Å²) in [5, 5.41) is 32.7. The minimum Gasteiger partial charge on any atom is -0.423 e. The molecule has 3 N–H and O–H groups in total. The smallest absolute Gasteiger partial charge is 0.423 e. The van der Waals surface area contributed by atoms with E-state index in [1.165, 1.54) is 0 Å². The molecule has 0 amide bonds. The molecule has 7 heteroatoms. The minimum atomic E-state index is -1.22. The van der Waals surface area contributed by atoms with E-state index in [1.54, 1.807) is 53.0 Å². The normalized spacial score (nSPS) is 11.9. The second-order valence-electron chi connectivity index (χ2n) is 6.38. The van der Waals surface area contributed by atoms with Gasteiger partial charge in [0.2, 0.25) is 0 Å². The van der Waals surface area contributed by atoms with Crippen molar-refractivity contribution in [2.75, 3.05) is 25.6 Å². The van der Waals surface area contributed by atoms with Crippen molar-refractivity contribution >= 4 is 18.3 Å². The fourth-order valence-electron chi connectivity index (χ4n) is 1.74. The van der Waals surface area contributed by atoms with Gasteiger partial charge in [0.25, 0.3) is 0 Å². The highest BCUT2D eigenvalue weighted by molar-refractivity contribution is 6.60. The molecule has 0 fully saturated rings. The number of anilines is 1. The van der Waals surface area contributed by atoms with Crippen molar-refractivity contribution in [2.24, 2.45) is 0 Å². The first kappa shape index (κ1) is 19.5. The van der Waals surface area contributed by atoms with Crippen LogP contribution in [0.1, 0.15) is 33.3 Å². The molecule has 0 saturated heterocycles. The van der Waals surface area contributed by atoms with E-state index in [0.717, 1.165) is 0 Å². The molecule has 1 rings (SSSR count). The standard InChI is InChI=1S/C16H25BN2O4/c1-15(2,20)16(3,4)23-17(21)13-7-6-12(11-18)14(10-13)19-8-9-22-5/h6-7,10,19-21H,8-9H2,1-5H3. The lowest BCUT2D eigenvalue weighted by atomic mass is 9.76. The zero-order chi connectivity index (χ0) is 17.7. The summed E-state index contributed by atoms with van der Waals surface area (Å²) >= 11 is 0. The zero-order valence-corrected chi connectivity index (χ0v) is 14.4. The fraction of sp³-hybridized carbons (Fsp3) is 0.562. The molecule has 0 saturated carbocycles. The lowest BCUT2D eigenvalue weighted by Gasteiger charge is -2.38. The third-order valence-electron chi connectivity index (χ3n) is 3.95. The van der Waals surface area contributed by atoms with E-state index < -0.39 is 18.3 Å². The number of benzene rings is 1. The van der Waals surface area contributed by atoms with Crippen molar-refractivity contribution in [2.45, 2.75) is 38.9 Å². The van der Waals surface area contributed by atoms with Crippen molar-refractivity contribution in [3.63, 3.8) is 0 Å². The molecule has 6 nitrogen and oxygen atoms in total. The van der Waals surface area contributed by atoms with Gasteiger partial charge in [-0.05, 0) is 45.3 Å². The summed E-state index contributed by atoms with van der Waals surface area (Å²) in [6.45, 7) is 7.70. The van der Waals surface area contributed by atoms with E-state index in [1.807, 2.05) is 0 Å². The molecule has 0 unspecified atom stereocenters. The second-order valence-corrected chi connectivity index (χ2v) is 6.38. The van der Waals surface area contributed by atoms with Gasteiger partial charge in [-0.2, -0.15) is 5.26 Å². The van der Waals surface area contributed by atoms with Gasteiger partial charge in [0.15, 0.2) is 0 Å². The molecule has 0 aromatic heterocycles. The quantitative estimate of drug-likeness (QED) is 0.486. The van der Waals surface area contributed by atoms with Crippen LogP contribution in [0.25, 0.3) is 0 Å². The number of methoxy groups -OCH3 is 1. The third-order valence-corrected chi connectivity index (χ3v) is 3.95. The van der Waals surface area contributed by atoms with Gasteiger partial charge in [0.1, 0.15) is 6.07 Å². The first-order valence-electron chi connectivity index (χ1n) is 7.47. The second kappa shape index (κ2) is 7.80. The first-order valence-corrected chi connectivity index (χ1v) is 7.47. The van der Waals surface area contributed by atoms with Gasteiger partial charge in [-0.25, -0.2) is 0 Å². The molecule has 0 bridgehead atoms. The van der Waals surface area contributed by atoms with Crippen LogP contribution in [0.3, 0.4) is 0 Å². The van der Waals surface area contributed by atoms with Crippen LogP contribution in [-0.4, -0.2) is 48.7 Å². The van der Waals surface area contributed by atoms with Gasteiger partial charge in [0, 0.05) is 13.7 Å². The van der Waals surface area contributed by atoms with Crippen molar-refractivity contribution in [1.29, 1.82) is 5.26 Å². The summed E-state index contributed by atoms with van der Waals surface area (Å²) in [5.74, 6) is 0. The predicted molar refractivity (Wildman–Crippen MR) is 90.6 cm³/mol. The first-order chi connectivity index (χ1) is 10.6. The Morgan fingerprint density at radius 3 is 2.48 bits per heavy atom. The highest BCUT2D eigenvalue weighted by Crippen LogP contribution is 2.25. The van der Waals surface area contributed by atoms with E-state index >= 15 is 0 Å². The predicted octanol–water partition coefficient (Wildman–Crippen LogP) is 0.870. The molecule has 0 radical (unpaired) electrons. The average Bonchev–Trinajstić information content (AvgIpc) is 2.45. The molecule has 0 aliphatic heterocycles. The molecule has 0 spiro atoms.